The minimum absolute atomic E-state index is 0.0656. The Morgan fingerprint density at radius 2 is 2.21 bits per heavy atom. The van der Waals surface area contributed by atoms with Gasteiger partial charge in [-0.05, 0) is 38.8 Å². The van der Waals surface area contributed by atoms with Gasteiger partial charge in [-0.25, -0.2) is 0 Å². The molecule has 1 aromatic carbocycles. The fourth-order valence-corrected chi connectivity index (χ4v) is 3.91. The fraction of sp³-hybridized carbons (Fsp3) is 0.364. The zero-order valence-corrected chi connectivity index (χ0v) is 16.4. The number of rotatable bonds is 6. The van der Waals surface area contributed by atoms with Gasteiger partial charge in [0.15, 0.2) is 5.76 Å². The highest BCUT2D eigenvalue weighted by atomic mass is 16.5. The van der Waals surface area contributed by atoms with Crippen molar-refractivity contribution >= 4 is 16.8 Å². The summed E-state index contributed by atoms with van der Waals surface area (Å²) in [6.45, 7) is 5.26. The summed E-state index contributed by atoms with van der Waals surface area (Å²) in [5.41, 5.74) is 3.70. The Kier molecular flexibility index (Phi) is 5.19. The van der Waals surface area contributed by atoms with Crippen LogP contribution < -0.4 is 5.32 Å². The molecule has 1 aliphatic carbocycles. The van der Waals surface area contributed by atoms with Crippen LogP contribution in [-0.2, 0) is 6.54 Å². The van der Waals surface area contributed by atoms with Crippen LogP contribution in [0.25, 0.3) is 10.9 Å². The number of allylic oxidation sites excluding steroid dienone is 1. The van der Waals surface area contributed by atoms with Crippen LogP contribution in [0.15, 0.2) is 52.7 Å². The third-order valence-corrected chi connectivity index (χ3v) is 5.32. The minimum Gasteiger partial charge on any atom is -0.381 e. The molecule has 6 heteroatoms. The highest BCUT2D eigenvalue weighted by molar-refractivity contribution is 5.98. The maximum Gasteiger partial charge on any atom is 0.270 e. The van der Waals surface area contributed by atoms with Crippen molar-refractivity contribution in [3.63, 3.8) is 0 Å². The van der Waals surface area contributed by atoms with Gasteiger partial charge >= 0.3 is 0 Å². The van der Waals surface area contributed by atoms with Gasteiger partial charge in [-0.3, -0.25) is 4.79 Å². The lowest BCUT2D eigenvalue weighted by atomic mass is 9.97. The lowest BCUT2D eigenvalue weighted by Crippen LogP contribution is -2.42. The number of aryl methyl sites for hydroxylation is 1. The number of benzene rings is 1. The van der Waals surface area contributed by atoms with Gasteiger partial charge in [0.2, 0.25) is 0 Å². The van der Waals surface area contributed by atoms with Gasteiger partial charge in [0.1, 0.15) is 5.69 Å². The van der Waals surface area contributed by atoms with Crippen molar-refractivity contribution in [2.24, 2.45) is 0 Å². The van der Waals surface area contributed by atoms with Crippen LogP contribution in [0.3, 0.4) is 0 Å². The van der Waals surface area contributed by atoms with E-state index in [0.717, 1.165) is 47.3 Å². The van der Waals surface area contributed by atoms with Crippen LogP contribution in [0.5, 0.6) is 0 Å². The first-order valence-electron chi connectivity index (χ1n) is 9.88. The number of aromatic amines is 1. The molecule has 0 spiro atoms. The van der Waals surface area contributed by atoms with Gasteiger partial charge in [0, 0.05) is 41.7 Å². The molecule has 2 N–H and O–H groups in total. The number of aromatic nitrogens is 2. The lowest BCUT2D eigenvalue weighted by Gasteiger charge is -2.33. The molecule has 0 bridgehead atoms. The van der Waals surface area contributed by atoms with Crippen molar-refractivity contribution in [2.45, 2.75) is 45.7 Å². The Balaban J connectivity index is 1.43. The molecule has 2 aromatic heterocycles. The number of hydrogen-bond acceptors (Lipinski definition) is 4. The summed E-state index contributed by atoms with van der Waals surface area (Å²) in [7, 11) is 0. The molecule has 0 fully saturated rings. The first kappa shape index (κ1) is 18.3. The second-order valence-electron chi connectivity index (χ2n) is 7.31. The maximum absolute atomic E-state index is 13.2. The van der Waals surface area contributed by atoms with E-state index in [1.165, 1.54) is 0 Å². The highest BCUT2D eigenvalue weighted by Crippen LogP contribution is 2.24. The normalized spacial score (nSPS) is 16.8. The zero-order valence-electron chi connectivity index (χ0n) is 16.4. The lowest BCUT2D eigenvalue weighted by molar-refractivity contribution is 0.0669. The predicted octanol–water partition coefficient (Wildman–Crippen LogP) is 4.15. The van der Waals surface area contributed by atoms with Crippen LogP contribution in [0.2, 0.25) is 0 Å². The number of fused-ring (bicyclic) bond motifs is 1. The quantitative estimate of drug-likeness (QED) is 0.676. The summed E-state index contributed by atoms with van der Waals surface area (Å²) in [6.07, 6.45) is 4.99. The number of carbonyl (C=O) groups is 1. The Bertz CT molecular complexity index is 968. The minimum atomic E-state index is 0.0656. The zero-order chi connectivity index (χ0) is 19.5. The fourth-order valence-electron chi connectivity index (χ4n) is 3.91. The Hall–Kier alpha value is -3.02. The topological polar surface area (TPSA) is 74.2 Å². The molecule has 146 valence electrons. The second-order valence-corrected chi connectivity index (χ2v) is 7.31. The molecule has 1 atom stereocenters. The molecule has 1 amide bonds. The summed E-state index contributed by atoms with van der Waals surface area (Å²) >= 11 is 0. The number of H-pyrrole nitrogens is 1. The van der Waals surface area contributed by atoms with E-state index in [1.807, 2.05) is 55.1 Å². The van der Waals surface area contributed by atoms with E-state index in [9.17, 15) is 4.79 Å². The molecule has 6 nitrogen and oxygen atoms in total. The summed E-state index contributed by atoms with van der Waals surface area (Å²) < 4.78 is 5.27. The van der Waals surface area contributed by atoms with E-state index in [2.05, 4.69) is 21.5 Å². The Morgan fingerprint density at radius 3 is 2.96 bits per heavy atom. The van der Waals surface area contributed by atoms with Gasteiger partial charge in [0.05, 0.1) is 12.2 Å². The first-order valence-corrected chi connectivity index (χ1v) is 9.88. The van der Waals surface area contributed by atoms with Crippen molar-refractivity contribution in [3.8, 4) is 0 Å². The van der Waals surface area contributed by atoms with Gasteiger partial charge in [0.25, 0.3) is 5.91 Å². The molecule has 0 saturated heterocycles. The van der Waals surface area contributed by atoms with Gasteiger partial charge in [-0.15, -0.1) is 0 Å². The van der Waals surface area contributed by atoms with Crippen LogP contribution >= 0.6 is 0 Å². The number of para-hydroxylation sites is 1. The van der Waals surface area contributed by atoms with E-state index < -0.39 is 0 Å². The van der Waals surface area contributed by atoms with Gasteiger partial charge in [-0.1, -0.05) is 29.4 Å². The van der Waals surface area contributed by atoms with Crippen molar-refractivity contribution in [2.75, 3.05) is 6.54 Å². The van der Waals surface area contributed by atoms with E-state index in [0.29, 0.717) is 18.8 Å². The van der Waals surface area contributed by atoms with Crippen LogP contribution in [0, 0.1) is 6.92 Å². The third-order valence-electron chi connectivity index (χ3n) is 5.32. The number of nitrogens with zero attached hydrogens (tertiary/aromatic N) is 2. The van der Waals surface area contributed by atoms with E-state index in [4.69, 9.17) is 4.52 Å². The summed E-state index contributed by atoms with van der Waals surface area (Å²) in [4.78, 5) is 18.4. The average molecular weight is 378 g/mol. The average Bonchev–Trinajstić information content (AvgIpc) is 3.33. The Labute approximate surface area is 164 Å². The van der Waals surface area contributed by atoms with E-state index in [-0.39, 0.29) is 11.9 Å². The van der Waals surface area contributed by atoms with E-state index in [1.54, 1.807) is 0 Å². The van der Waals surface area contributed by atoms with Crippen LogP contribution in [0.4, 0.5) is 0 Å². The van der Waals surface area contributed by atoms with Crippen molar-refractivity contribution in [3.05, 3.63) is 65.3 Å². The number of amides is 1. The SMILES string of the molecule is CCN(C(=O)c1cc2ccccc2[nH]1)[C@H]1CCC=C(NCc2cc(C)no2)C1. The third kappa shape index (κ3) is 3.81. The molecule has 1 aliphatic rings. The molecule has 0 unspecified atom stereocenters. The predicted molar refractivity (Wildman–Crippen MR) is 109 cm³/mol. The van der Waals surface area contributed by atoms with Crippen LogP contribution in [-0.4, -0.2) is 33.5 Å². The molecule has 0 saturated carbocycles. The van der Waals surface area contributed by atoms with Gasteiger partial charge < -0.3 is 19.7 Å². The standard InChI is InChI=1S/C22H26N4O2/c1-3-26(22(27)21-12-16-7-4-5-10-20(16)24-21)18-9-6-8-17(13-18)23-14-19-11-15(2)25-28-19/h4-5,7-8,10-12,18,23-24H,3,6,9,13-14H2,1-2H3/t18-/m0/s1. The van der Waals surface area contributed by atoms with Gasteiger partial charge in [-0.2, -0.15) is 0 Å². The molecule has 28 heavy (non-hydrogen) atoms. The molecule has 0 aliphatic heterocycles. The summed E-state index contributed by atoms with van der Waals surface area (Å²) in [6, 6.07) is 12.1. The molecular weight excluding hydrogens is 352 g/mol. The molecule has 0 radical (unpaired) electrons. The summed E-state index contributed by atoms with van der Waals surface area (Å²) in [5, 5.41) is 8.43. The van der Waals surface area contributed by atoms with Crippen molar-refractivity contribution in [1.29, 1.82) is 0 Å². The largest absolute Gasteiger partial charge is 0.381 e. The Morgan fingerprint density at radius 1 is 1.36 bits per heavy atom. The monoisotopic (exact) mass is 378 g/mol. The number of hydrogen-bond donors (Lipinski definition) is 2. The van der Waals surface area contributed by atoms with Crippen molar-refractivity contribution in [1.82, 2.24) is 20.4 Å². The number of nitrogens with one attached hydrogen (secondary N) is 2. The number of carbonyl (C=O) groups excluding carboxylic acids is 1. The van der Waals surface area contributed by atoms with Crippen LogP contribution in [0.1, 0.15) is 48.1 Å². The molecular formula is C22H26N4O2. The summed E-state index contributed by atoms with van der Waals surface area (Å²) in [5.74, 6) is 0.887. The molecule has 2 heterocycles. The molecule has 4 rings (SSSR count). The maximum atomic E-state index is 13.2. The highest BCUT2D eigenvalue weighted by Gasteiger charge is 2.27. The molecule has 3 aromatic rings. The first-order chi connectivity index (χ1) is 13.6. The van der Waals surface area contributed by atoms with Crippen molar-refractivity contribution < 1.29 is 9.32 Å². The van der Waals surface area contributed by atoms with E-state index >= 15 is 0 Å². The smallest absolute Gasteiger partial charge is 0.270 e. The second kappa shape index (κ2) is 7.92.